The van der Waals surface area contributed by atoms with E-state index in [1.165, 1.54) is 20.3 Å². The molecule has 6 nitrogen and oxygen atoms in total. The zero-order valence-corrected chi connectivity index (χ0v) is 18.3. The molecule has 0 atom stereocenters. The van der Waals surface area contributed by atoms with Crippen molar-refractivity contribution in [1.29, 1.82) is 0 Å². The molecule has 0 spiro atoms. The molecule has 3 rings (SSSR count). The molecular formula is C25H26O6. The zero-order valence-electron chi connectivity index (χ0n) is 18.3. The van der Waals surface area contributed by atoms with E-state index in [2.05, 4.69) is 6.58 Å². The van der Waals surface area contributed by atoms with Crippen LogP contribution in [0.3, 0.4) is 0 Å². The molecule has 0 unspecified atom stereocenters. The van der Waals surface area contributed by atoms with E-state index in [4.69, 9.17) is 13.9 Å². The molecule has 0 saturated carbocycles. The second-order valence-corrected chi connectivity index (χ2v) is 7.59. The molecule has 0 radical (unpaired) electrons. The number of ether oxygens (including phenoxy) is 2. The van der Waals surface area contributed by atoms with Gasteiger partial charge in [-0.25, -0.2) is 0 Å². The first kappa shape index (κ1) is 22.0. The number of benzene rings is 2. The monoisotopic (exact) mass is 422 g/mol. The molecule has 0 aliphatic carbocycles. The maximum absolute atomic E-state index is 13.6. The van der Waals surface area contributed by atoms with E-state index in [1.807, 2.05) is 26.8 Å². The predicted molar refractivity (Wildman–Crippen MR) is 123 cm³/mol. The maximum atomic E-state index is 13.6. The number of fused-ring (bicyclic) bond motifs is 2. The molecule has 162 valence electrons. The Morgan fingerprint density at radius 3 is 2.35 bits per heavy atom. The lowest BCUT2D eigenvalue weighted by Crippen LogP contribution is -2.07. The number of methoxy groups -OCH3 is 2. The van der Waals surface area contributed by atoms with E-state index in [0.717, 1.165) is 11.1 Å². The number of aromatic hydroxyl groups is 2. The Bertz CT molecular complexity index is 1300. The van der Waals surface area contributed by atoms with E-state index < -0.39 is 5.43 Å². The average molecular weight is 422 g/mol. The Balaban J connectivity index is 2.50. The van der Waals surface area contributed by atoms with E-state index in [0.29, 0.717) is 17.1 Å². The largest absolute Gasteiger partial charge is 0.507 e. The topological polar surface area (TPSA) is 89.1 Å². The van der Waals surface area contributed by atoms with Crippen LogP contribution in [0.4, 0.5) is 0 Å². The van der Waals surface area contributed by atoms with Crippen LogP contribution >= 0.6 is 0 Å². The number of allylic oxidation sites excluding steroid dienone is 4. The Kier molecular flexibility index (Phi) is 6.11. The second-order valence-electron chi connectivity index (χ2n) is 7.59. The standard InChI is InChI=1S/C25H26O6/c1-13(2)7-9-15-17(26)11-18-22(23(15)27)24(28)21-16(10-8-14(3)4)25(30-6)20(29-5)12-19(21)31-18/h7-8,10-12,26-27H,3,9H2,1-2,4-6H3/b10-8+. The van der Waals surface area contributed by atoms with Crippen LogP contribution < -0.4 is 14.9 Å². The predicted octanol–water partition coefficient (Wildman–Crippen LogP) is 5.47. The molecule has 0 aliphatic rings. The summed E-state index contributed by atoms with van der Waals surface area (Å²) in [6, 6.07) is 2.91. The summed E-state index contributed by atoms with van der Waals surface area (Å²) in [6.45, 7) is 9.51. The molecular weight excluding hydrogens is 396 g/mol. The van der Waals surface area contributed by atoms with Gasteiger partial charge in [-0.3, -0.25) is 4.79 Å². The van der Waals surface area contributed by atoms with Gasteiger partial charge in [0.25, 0.3) is 0 Å². The number of phenols is 2. The molecule has 0 fully saturated rings. The van der Waals surface area contributed by atoms with Crippen LogP contribution in [0.1, 0.15) is 31.9 Å². The van der Waals surface area contributed by atoms with Crippen LogP contribution in [-0.4, -0.2) is 24.4 Å². The minimum atomic E-state index is -0.436. The van der Waals surface area contributed by atoms with Crippen molar-refractivity contribution in [2.24, 2.45) is 0 Å². The minimum Gasteiger partial charge on any atom is -0.507 e. The van der Waals surface area contributed by atoms with Crippen LogP contribution in [0.25, 0.3) is 28.0 Å². The quantitative estimate of drug-likeness (QED) is 0.311. The first-order valence-corrected chi connectivity index (χ1v) is 9.75. The molecule has 2 N–H and O–H groups in total. The lowest BCUT2D eigenvalue weighted by molar-refractivity contribution is 0.354. The van der Waals surface area contributed by atoms with Crippen LogP contribution in [-0.2, 0) is 6.42 Å². The lowest BCUT2D eigenvalue weighted by atomic mass is 10.00. The van der Waals surface area contributed by atoms with Crippen LogP contribution in [0.15, 0.2) is 51.2 Å². The van der Waals surface area contributed by atoms with Gasteiger partial charge in [0.15, 0.2) is 11.5 Å². The van der Waals surface area contributed by atoms with E-state index in [1.54, 1.807) is 18.2 Å². The summed E-state index contributed by atoms with van der Waals surface area (Å²) in [5, 5.41) is 21.5. The van der Waals surface area contributed by atoms with Crippen molar-refractivity contribution in [3.05, 3.63) is 63.4 Å². The van der Waals surface area contributed by atoms with Gasteiger partial charge in [-0.15, -0.1) is 0 Å². The van der Waals surface area contributed by atoms with Crippen molar-refractivity contribution in [2.75, 3.05) is 14.2 Å². The molecule has 3 aromatic rings. The minimum absolute atomic E-state index is 0.000323. The molecule has 0 saturated heterocycles. The summed E-state index contributed by atoms with van der Waals surface area (Å²) in [5.74, 6) is 0.301. The van der Waals surface area contributed by atoms with Crippen molar-refractivity contribution >= 4 is 28.0 Å². The highest BCUT2D eigenvalue weighted by molar-refractivity contribution is 6.00. The number of hydrogen-bond donors (Lipinski definition) is 2. The highest BCUT2D eigenvalue weighted by Crippen LogP contribution is 2.41. The van der Waals surface area contributed by atoms with Gasteiger partial charge in [-0.1, -0.05) is 29.9 Å². The third-order valence-corrected chi connectivity index (χ3v) is 4.94. The fourth-order valence-electron chi connectivity index (χ4n) is 3.42. The van der Waals surface area contributed by atoms with E-state index in [-0.39, 0.29) is 45.4 Å². The third kappa shape index (κ3) is 4.01. The zero-order chi connectivity index (χ0) is 22.9. The Morgan fingerprint density at radius 2 is 1.77 bits per heavy atom. The molecule has 0 aliphatic heterocycles. The van der Waals surface area contributed by atoms with Gasteiger partial charge in [0.05, 0.1) is 19.6 Å². The fourth-order valence-corrected chi connectivity index (χ4v) is 3.42. The van der Waals surface area contributed by atoms with Crippen LogP contribution in [0.2, 0.25) is 0 Å². The summed E-state index contributed by atoms with van der Waals surface area (Å²) in [7, 11) is 2.97. The summed E-state index contributed by atoms with van der Waals surface area (Å²) in [4.78, 5) is 13.6. The normalized spacial score (nSPS) is 11.3. The van der Waals surface area contributed by atoms with Gasteiger partial charge in [-0.2, -0.15) is 0 Å². The smallest absolute Gasteiger partial charge is 0.205 e. The van der Waals surface area contributed by atoms with Gasteiger partial charge in [0.2, 0.25) is 5.43 Å². The van der Waals surface area contributed by atoms with E-state index >= 15 is 0 Å². The van der Waals surface area contributed by atoms with Crippen molar-refractivity contribution in [2.45, 2.75) is 27.2 Å². The SMILES string of the molecule is C=C(C)/C=C/c1c(OC)c(OC)cc2oc3cc(O)c(CC=C(C)C)c(O)c3c(=O)c12. The Morgan fingerprint density at radius 1 is 1.10 bits per heavy atom. The summed E-state index contributed by atoms with van der Waals surface area (Å²) >= 11 is 0. The number of rotatable bonds is 6. The highest BCUT2D eigenvalue weighted by atomic mass is 16.5. The number of hydrogen-bond acceptors (Lipinski definition) is 6. The third-order valence-electron chi connectivity index (χ3n) is 4.94. The second kappa shape index (κ2) is 8.60. The highest BCUT2D eigenvalue weighted by Gasteiger charge is 2.23. The fraction of sp³-hybridized carbons (Fsp3) is 0.240. The first-order valence-electron chi connectivity index (χ1n) is 9.75. The first-order chi connectivity index (χ1) is 14.7. The average Bonchev–Trinajstić information content (AvgIpc) is 2.70. The molecule has 0 bridgehead atoms. The van der Waals surface area contributed by atoms with Crippen molar-refractivity contribution in [3.63, 3.8) is 0 Å². The number of phenolic OH excluding ortho intramolecular Hbond substituents is 2. The van der Waals surface area contributed by atoms with Gasteiger partial charge < -0.3 is 24.1 Å². The lowest BCUT2D eigenvalue weighted by Gasteiger charge is -2.15. The Labute approximate surface area is 180 Å². The summed E-state index contributed by atoms with van der Waals surface area (Å²) in [5.41, 5.74) is 2.40. The summed E-state index contributed by atoms with van der Waals surface area (Å²) in [6.07, 6.45) is 5.59. The maximum Gasteiger partial charge on any atom is 0.205 e. The van der Waals surface area contributed by atoms with Gasteiger partial charge in [-0.05, 0) is 33.3 Å². The van der Waals surface area contributed by atoms with Crippen molar-refractivity contribution in [3.8, 4) is 23.0 Å². The van der Waals surface area contributed by atoms with E-state index in [9.17, 15) is 15.0 Å². The molecule has 0 amide bonds. The van der Waals surface area contributed by atoms with Gasteiger partial charge >= 0.3 is 0 Å². The van der Waals surface area contributed by atoms with Gasteiger partial charge in [0, 0.05) is 23.3 Å². The van der Waals surface area contributed by atoms with Crippen LogP contribution in [0.5, 0.6) is 23.0 Å². The van der Waals surface area contributed by atoms with Crippen LogP contribution in [0, 0.1) is 0 Å². The van der Waals surface area contributed by atoms with Gasteiger partial charge in [0.1, 0.15) is 28.1 Å². The molecule has 2 aromatic carbocycles. The molecule has 1 aromatic heterocycles. The Hall–Kier alpha value is -3.67. The molecule has 1 heterocycles. The summed E-state index contributed by atoms with van der Waals surface area (Å²) < 4.78 is 16.9. The van der Waals surface area contributed by atoms with Crippen molar-refractivity contribution in [1.82, 2.24) is 0 Å². The molecule has 6 heteroatoms. The van der Waals surface area contributed by atoms with Crippen molar-refractivity contribution < 1.29 is 24.1 Å². The molecule has 31 heavy (non-hydrogen) atoms.